The van der Waals surface area contributed by atoms with Crippen molar-refractivity contribution in [3.05, 3.63) is 41.7 Å². The molecule has 1 aliphatic rings. The van der Waals surface area contributed by atoms with E-state index in [0.29, 0.717) is 5.82 Å². The lowest BCUT2D eigenvalue weighted by molar-refractivity contribution is -0.129. The number of carbonyl (C=O) groups excluding carboxylic acids is 1. The number of amides is 1. The fraction of sp³-hybridized carbons (Fsp3) is 0.412. The number of hydrogen-bond acceptors (Lipinski definition) is 5. The number of rotatable bonds is 4. The van der Waals surface area contributed by atoms with Gasteiger partial charge in [0, 0.05) is 37.9 Å². The van der Waals surface area contributed by atoms with Crippen molar-refractivity contribution in [2.75, 3.05) is 42.9 Å². The van der Waals surface area contributed by atoms with Crippen molar-refractivity contribution in [1.82, 2.24) is 10.1 Å². The molecule has 0 unspecified atom stereocenters. The topological polar surface area (TPSA) is 61.6 Å². The zero-order valence-electron chi connectivity index (χ0n) is 13.6. The van der Waals surface area contributed by atoms with Crippen LogP contribution in [0.2, 0.25) is 0 Å². The third-order valence-corrected chi connectivity index (χ3v) is 4.05. The molecule has 0 atom stereocenters. The molecule has 1 N–H and O–H groups in total. The summed E-state index contributed by atoms with van der Waals surface area (Å²) >= 11 is 0. The zero-order valence-corrected chi connectivity index (χ0v) is 13.6. The van der Waals surface area contributed by atoms with Gasteiger partial charge in [-0.1, -0.05) is 17.3 Å². The molecule has 3 rings (SSSR count). The van der Waals surface area contributed by atoms with Gasteiger partial charge in [0.1, 0.15) is 5.76 Å². The summed E-state index contributed by atoms with van der Waals surface area (Å²) in [5, 5.41) is 6.83. The van der Waals surface area contributed by atoms with Gasteiger partial charge in [-0.05, 0) is 31.5 Å². The van der Waals surface area contributed by atoms with E-state index in [0.717, 1.165) is 31.9 Å². The Balaban J connectivity index is 1.49. The number of aromatic nitrogens is 1. The van der Waals surface area contributed by atoms with Gasteiger partial charge in [-0.2, -0.15) is 0 Å². The van der Waals surface area contributed by atoms with Gasteiger partial charge in [0.05, 0.1) is 6.54 Å². The molecule has 1 saturated heterocycles. The van der Waals surface area contributed by atoms with Gasteiger partial charge in [-0.15, -0.1) is 0 Å². The first-order valence-electron chi connectivity index (χ1n) is 7.88. The van der Waals surface area contributed by atoms with Crippen LogP contribution in [0.25, 0.3) is 0 Å². The first-order valence-corrected chi connectivity index (χ1v) is 7.88. The Morgan fingerprint density at radius 1 is 1.22 bits per heavy atom. The molecule has 0 aliphatic carbocycles. The highest BCUT2D eigenvalue weighted by Crippen LogP contribution is 2.17. The van der Waals surface area contributed by atoms with E-state index in [1.807, 2.05) is 11.8 Å². The monoisotopic (exact) mass is 314 g/mol. The van der Waals surface area contributed by atoms with Crippen LogP contribution in [-0.2, 0) is 4.79 Å². The second-order valence-corrected chi connectivity index (χ2v) is 5.88. The van der Waals surface area contributed by atoms with Gasteiger partial charge in [-0.25, -0.2) is 0 Å². The highest BCUT2D eigenvalue weighted by molar-refractivity contribution is 5.80. The summed E-state index contributed by atoms with van der Waals surface area (Å²) in [6.45, 7) is 7.37. The maximum atomic E-state index is 12.3. The smallest absolute Gasteiger partial charge is 0.242 e. The standard InChI is InChI=1S/C17H22N4O2/c1-13-4-3-5-15(10-13)20-6-8-21(9-7-20)17(22)12-18-16-11-14(2)23-19-16/h3-5,10-11H,6-9,12H2,1-2H3,(H,18,19). The molecule has 1 aromatic heterocycles. The van der Waals surface area contributed by atoms with Gasteiger partial charge in [0.2, 0.25) is 5.91 Å². The van der Waals surface area contributed by atoms with Gasteiger partial charge in [0.25, 0.3) is 0 Å². The molecular weight excluding hydrogens is 292 g/mol. The van der Waals surface area contributed by atoms with Gasteiger partial charge < -0.3 is 19.6 Å². The Morgan fingerprint density at radius 2 is 2.00 bits per heavy atom. The molecule has 2 heterocycles. The summed E-state index contributed by atoms with van der Waals surface area (Å²) in [7, 11) is 0. The Kier molecular flexibility index (Phi) is 4.50. The van der Waals surface area contributed by atoms with E-state index < -0.39 is 0 Å². The highest BCUT2D eigenvalue weighted by Gasteiger charge is 2.21. The minimum absolute atomic E-state index is 0.0922. The summed E-state index contributed by atoms with van der Waals surface area (Å²) in [6.07, 6.45) is 0. The van der Waals surface area contributed by atoms with E-state index in [2.05, 4.69) is 46.6 Å². The molecule has 2 aromatic rings. The zero-order chi connectivity index (χ0) is 16.2. The van der Waals surface area contributed by atoms with E-state index in [1.54, 1.807) is 6.07 Å². The molecule has 23 heavy (non-hydrogen) atoms. The molecule has 0 saturated carbocycles. The van der Waals surface area contributed by atoms with Crippen LogP contribution in [0.1, 0.15) is 11.3 Å². The Morgan fingerprint density at radius 3 is 2.65 bits per heavy atom. The fourth-order valence-corrected chi connectivity index (χ4v) is 2.77. The number of piperazine rings is 1. The van der Waals surface area contributed by atoms with Crippen molar-refractivity contribution in [3.8, 4) is 0 Å². The lowest BCUT2D eigenvalue weighted by atomic mass is 10.2. The summed E-state index contributed by atoms with van der Waals surface area (Å²) in [5.74, 6) is 1.43. The first kappa shape index (κ1) is 15.4. The van der Waals surface area contributed by atoms with Crippen LogP contribution in [0, 0.1) is 13.8 Å². The van der Waals surface area contributed by atoms with Crippen LogP contribution in [0.3, 0.4) is 0 Å². The molecule has 6 nitrogen and oxygen atoms in total. The Hall–Kier alpha value is -2.50. The fourth-order valence-electron chi connectivity index (χ4n) is 2.77. The second-order valence-electron chi connectivity index (χ2n) is 5.88. The molecule has 122 valence electrons. The molecule has 6 heteroatoms. The number of hydrogen-bond donors (Lipinski definition) is 1. The number of nitrogens with zero attached hydrogens (tertiary/aromatic N) is 3. The van der Waals surface area contributed by atoms with Gasteiger partial charge in [0.15, 0.2) is 5.82 Å². The second kappa shape index (κ2) is 6.73. The van der Waals surface area contributed by atoms with Gasteiger partial charge in [-0.3, -0.25) is 4.79 Å². The quantitative estimate of drug-likeness (QED) is 0.936. The molecule has 1 aromatic carbocycles. The summed E-state index contributed by atoms with van der Waals surface area (Å²) in [6, 6.07) is 10.3. The molecule has 1 fully saturated rings. The molecular formula is C17H22N4O2. The van der Waals surface area contributed by atoms with Crippen LogP contribution in [0.15, 0.2) is 34.9 Å². The van der Waals surface area contributed by atoms with E-state index >= 15 is 0 Å². The van der Waals surface area contributed by atoms with E-state index in [-0.39, 0.29) is 12.5 Å². The Bertz CT molecular complexity index is 675. The number of carbonyl (C=O) groups is 1. The summed E-state index contributed by atoms with van der Waals surface area (Å²) in [4.78, 5) is 16.5. The maximum absolute atomic E-state index is 12.3. The summed E-state index contributed by atoms with van der Waals surface area (Å²) < 4.78 is 4.97. The van der Waals surface area contributed by atoms with Crippen molar-refractivity contribution in [3.63, 3.8) is 0 Å². The average Bonchev–Trinajstić information content (AvgIpc) is 2.98. The van der Waals surface area contributed by atoms with E-state index in [9.17, 15) is 4.79 Å². The first-order chi connectivity index (χ1) is 11.1. The van der Waals surface area contributed by atoms with Crippen molar-refractivity contribution in [2.45, 2.75) is 13.8 Å². The van der Waals surface area contributed by atoms with Crippen LogP contribution < -0.4 is 10.2 Å². The van der Waals surface area contributed by atoms with Crippen LogP contribution in [-0.4, -0.2) is 48.7 Å². The molecule has 0 spiro atoms. The molecule has 0 bridgehead atoms. The SMILES string of the molecule is Cc1cccc(N2CCN(C(=O)CNc3cc(C)on3)CC2)c1. The van der Waals surface area contributed by atoms with E-state index in [1.165, 1.54) is 11.3 Å². The van der Waals surface area contributed by atoms with Crippen LogP contribution in [0.4, 0.5) is 11.5 Å². The normalized spacial score (nSPS) is 14.9. The highest BCUT2D eigenvalue weighted by atomic mass is 16.5. The lowest BCUT2D eigenvalue weighted by Gasteiger charge is -2.36. The third kappa shape index (κ3) is 3.83. The number of nitrogens with one attached hydrogen (secondary N) is 1. The number of benzene rings is 1. The summed E-state index contributed by atoms with van der Waals surface area (Å²) in [5.41, 5.74) is 2.49. The lowest BCUT2D eigenvalue weighted by Crippen LogP contribution is -2.50. The van der Waals surface area contributed by atoms with Crippen molar-refractivity contribution >= 4 is 17.4 Å². The van der Waals surface area contributed by atoms with Crippen molar-refractivity contribution < 1.29 is 9.32 Å². The predicted octanol–water partition coefficient (Wildman–Crippen LogP) is 2.05. The van der Waals surface area contributed by atoms with Crippen LogP contribution >= 0.6 is 0 Å². The predicted molar refractivity (Wildman–Crippen MR) is 89.7 cm³/mol. The van der Waals surface area contributed by atoms with Crippen molar-refractivity contribution in [2.24, 2.45) is 0 Å². The molecule has 0 radical (unpaired) electrons. The largest absolute Gasteiger partial charge is 0.368 e. The number of anilines is 2. The van der Waals surface area contributed by atoms with Gasteiger partial charge >= 0.3 is 0 Å². The average molecular weight is 314 g/mol. The minimum Gasteiger partial charge on any atom is -0.368 e. The van der Waals surface area contributed by atoms with E-state index in [4.69, 9.17) is 4.52 Å². The van der Waals surface area contributed by atoms with Crippen molar-refractivity contribution in [1.29, 1.82) is 0 Å². The Labute approximate surface area is 136 Å². The molecule has 1 aliphatic heterocycles. The minimum atomic E-state index is 0.0922. The number of aryl methyl sites for hydroxylation is 2. The maximum Gasteiger partial charge on any atom is 0.242 e. The third-order valence-electron chi connectivity index (χ3n) is 4.05. The van der Waals surface area contributed by atoms with Crippen LogP contribution in [0.5, 0.6) is 0 Å². The molecule has 1 amide bonds.